The van der Waals surface area contributed by atoms with Crippen molar-refractivity contribution in [2.24, 2.45) is 0 Å². The van der Waals surface area contributed by atoms with Gasteiger partial charge in [-0.25, -0.2) is 4.79 Å². The van der Waals surface area contributed by atoms with Gasteiger partial charge in [-0.1, -0.05) is 79.0 Å². The Hall–Kier alpha value is -2.50. The van der Waals surface area contributed by atoms with E-state index < -0.39 is 5.97 Å². The molecule has 0 aromatic heterocycles. The van der Waals surface area contributed by atoms with Crippen molar-refractivity contribution in [1.29, 1.82) is 0 Å². The molecule has 0 atom stereocenters. The number of hydrogen-bond acceptors (Lipinski definition) is 4. The summed E-state index contributed by atoms with van der Waals surface area (Å²) in [6, 6.07) is 16.9. The van der Waals surface area contributed by atoms with Crippen molar-refractivity contribution < 1.29 is 14.3 Å². The van der Waals surface area contributed by atoms with Gasteiger partial charge in [-0.15, -0.1) is 0 Å². The molecule has 33 heavy (non-hydrogen) atoms. The van der Waals surface area contributed by atoms with E-state index in [1.165, 1.54) is 17.8 Å². The molecule has 2 aromatic carbocycles. The van der Waals surface area contributed by atoms with Crippen molar-refractivity contribution in [3.63, 3.8) is 0 Å². The molecule has 0 bridgehead atoms. The average Bonchev–Trinajstić information content (AvgIpc) is 2.84. The monoisotopic (exact) mass is 483 g/mol. The Bertz CT molecular complexity index is 996. The fraction of sp³-hybridized carbons (Fsp3) is 0.333. The summed E-state index contributed by atoms with van der Waals surface area (Å²) >= 11 is 7.48. The molecule has 1 amide bonds. The lowest BCUT2D eigenvalue weighted by Gasteiger charge is -2.36. The fourth-order valence-electron chi connectivity index (χ4n) is 3.95. The van der Waals surface area contributed by atoms with E-state index in [0.717, 1.165) is 42.6 Å². The number of nitrogens with zero attached hydrogens (tertiary/aromatic N) is 1. The molecule has 0 heterocycles. The second kappa shape index (κ2) is 12.7. The van der Waals surface area contributed by atoms with Crippen molar-refractivity contribution in [1.82, 2.24) is 4.90 Å². The van der Waals surface area contributed by atoms with Crippen LogP contribution in [0.3, 0.4) is 0 Å². The number of allylic oxidation sites excluding steroid dienone is 1. The zero-order valence-corrected chi connectivity index (χ0v) is 20.7. The molecule has 0 spiro atoms. The molecule has 1 fully saturated rings. The second-order valence-corrected chi connectivity index (χ2v) is 9.33. The number of esters is 1. The molecule has 0 aliphatic heterocycles. The summed E-state index contributed by atoms with van der Waals surface area (Å²) in [7, 11) is 0. The number of benzene rings is 2. The summed E-state index contributed by atoms with van der Waals surface area (Å²) < 4.78 is 5.23. The first-order valence-electron chi connectivity index (χ1n) is 11.4. The minimum atomic E-state index is -0.451. The number of thioether (sulfide) groups is 1. The second-order valence-electron chi connectivity index (χ2n) is 7.83. The summed E-state index contributed by atoms with van der Waals surface area (Å²) in [5.41, 5.74) is 1.57. The van der Waals surface area contributed by atoms with E-state index in [1.807, 2.05) is 43.3 Å². The number of ether oxygens (including phenoxy) is 1. The van der Waals surface area contributed by atoms with Crippen LogP contribution in [0.15, 0.2) is 71.8 Å². The van der Waals surface area contributed by atoms with E-state index in [1.54, 1.807) is 36.1 Å². The van der Waals surface area contributed by atoms with Gasteiger partial charge in [0.1, 0.15) is 0 Å². The maximum atomic E-state index is 13.8. The Morgan fingerprint density at radius 2 is 1.70 bits per heavy atom. The van der Waals surface area contributed by atoms with Crippen molar-refractivity contribution in [2.75, 3.05) is 6.61 Å². The molecule has 1 saturated carbocycles. The summed E-state index contributed by atoms with van der Waals surface area (Å²) in [5, 5.41) is 1.16. The Kier molecular flexibility index (Phi) is 9.64. The van der Waals surface area contributed by atoms with Crippen LogP contribution in [0.2, 0.25) is 5.02 Å². The number of carbonyl (C=O) groups is 2. The fourth-order valence-corrected chi connectivity index (χ4v) is 5.16. The number of hydrogen-bond donors (Lipinski definition) is 0. The smallest absolute Gasteiger partial charge is 0.333 e. The molecular weight excluding hydrogens is 454 g/mol. The number of halogens is 1. The molecule has 1 aliphatic rings. The summed E-state index contributed by atoms with van der Waals surface area (Å²) in [4.78, 5) is 29.1. The molecule has 4 nitrogen and oxygen atoms in total. The van der Waals surface area contributed by atoms with Gasteiger partial charge in [0.15, 0.2) is 0 Å². The Labute approximate surface area is 205 Å². The van der Waals surface area contributed by atoms with Gasteiger partial charge in [-0.05, 0) is 56.5 Å². The lowest BCUT2D eigenvalue weighted by Crippen LogP contribution is -2.40. The SMILES string of the molecule is C/C=C(\S/C(=C/C(=O)OCC)N(C(=O)c1ccc(Cl)cc1)C1CCCCC1)c1ccccc1. The van der Waals surface area contributed by atoms with Gasteiger partial charge in [0, 0.05) is 21.5 Å². The quantitative estimate of drug-likeness (QED) is 0.291. The largest absolute Gasteiger partial charge is 0.463 e. The van der Waals surface area contributed by atoms with Crippen LogP contribution >= 0.6 is 23.4 Å². The highest BCUT2D eigenvalue weighted by atomic mass is 35.5. The van der Waals surface area contributed by atoms with E-state index in [2.05, 4.69) is 0 Å². The zero-order chi connectivity index (χ0) is 23.6. The first kappa shape index (κ1) is 25.1. The highest BCUT2D eigenvalue weighted by Gasteiger charge is 2.31. The van der Waals surface area contributed by atoms with Gasteiger partial charge in [0.25, 0.3) is 5.91 Å². The van der Waals surface area contributed by atoms with Crippen LogP contribution in [-0.4, -0.2) is 29.4 Å². The molecule has 6 heteroatoms. The number of carbonyl (C=O) groups excluding carboxylic acids is 2. The van der Waals surface area contributed by atoms with Crippen LogP contribution in [0.1, 0.15) is 61.9 Å². The number of amides is 1. The molecule has 0 radical (unpaired) electrons. The minimum Gasteiger partial charge on any atom is -0.463 e. The predicted molar refractivity (Wildman–Crippen MR) is 137 cm³/mol. The molecule has 174 valence electrons. The van der Waals surface area contributed by atoms with Crippen LogP contribution in [0.25, 0.3) is 4.91 Å². The maximum Gasteiger partial charge on any atom is 0.333 e. The minimum absolute atomic E-state index is 0.0176. The van der Waals surface area contributed by atoms with Crippen molar-refractivity contribution >= 4 is 40.1 Å². The average molecular weight is 484 g/mol. The van der Waals surface area contributed by atoms with Gasteiger partial charge in [0.05, 0.1) is 17.7 Å². The Morgan fingerprint density at radius 1 is 1.03 bits per heavy atom. The summed E-state index contributed by atoms with van der Waals surface area (Å²) in [6.07, 6.45) is 8.54. The molecule has 1 aliphatic carbocycles. The lowest BCUT2D eigenvalue weighted by atomic mass is 9.94. The first-order valence-corrected chi connectivity index (χ1v) is 12.6. The van der Waals surface area contributed by atoms with Crippen LogP contribution in [0.4, 0.5) is 0 Å². The summed E-state index contributed by atoms with van der Waals surface area (Å²) in [6.45, 7) is 4.01. The van der Waals surface area contributed by atoms with E-state index in [9.17, 15) is 9.59 Å². The molecule has 3 rings (SSSR count). The summed E-state index contributed by atoms with van der Waals surface area (Å²) in [5.74, 6) is -0.585. The van der Waals surface area contributed by atoms with E-state index in [4.69, 9.17) is 16.3 Å². The van der Waals surface area contributed by atoms with Crippen molar-refractivity contribution in [3.05, 3.63) is 87.9 Å². The number of rotatable bonds is 8. The first-order chi connectivity index (χ1) is 16.0. The molecule has 0 unspecified atom stereocenters. The third-order valence-corrected chi connectivity index (χ3v) is 7.02. The normalized spacial score (nSPS) is 15.2. The van der Waals surface area contributed by atoms with Crippen molar-refractivity contribution in [2.45, 2.75) is 52.0 Å². The Balaban J connectivity index is 2.04. The van der Waals surface area contributed by atoms with E-state index in [-0.39, 0.29) is 18.6 Å². The molecule has 2 aromatic rings. The van der Waals surface area contributed by atoms with Crippen molar-refractivity contribution in [3.8, 4) is 0 Å². The maximum absolute atomic E-state index is 13.8. The zero-order valence-electron chi connectivity index (χ0n) is 19.1. The van der Waals surface area contributed by atoms with Crippen LogP contribution in [0, 0.1) is 0 Å². The third-order valence-electron chi connectivity index (χ3n) is 5.55. The molecular formula is C27H30ClNO3S. The van der Waals surface area contributed by atoms with Crippen LogP contribution in [-0.2, 0) is 9.53 Å². The topological polar surface area (TPSA) is 46.6 Å². The predicted octanol–water partition coefficient (Wildman–Crippen LogP) is 7.31. The van der Waals surface area contributed by atoms with E-state index in [0.29, 0.717) is 15.6 Å². The highest BCUT2D eigenvalue weighted by Crippen LogP contribution is 2.39. The highest BCUT2D eigenvalue weighted by molar-refractivity contribution is 8.11. The molecule has 0 N–H and O–H groups in total. The van der Waals surface area contributed by atoms with Gasteiger partial charge in [0.2, 0.25) is 0 Å². The standard InChI is InChI=1S/C27H30ClNO3S/c1-3-24(20-11-7-5-8-12-20)33-25(19-26(30)32-4-2)29(23-13-9-6-10-14-23)27(31)21-15-17-22(28)18-16-21/h3,5,7-8,11-12,15-19,23H,4,6,9-10,13-14H2,1-2H3/b24-3-,25-19+. The van der Waals surface area contributed by atoms with Gasteiger partial charge >= 0.3 is 5.97 Å². The third kappa shape index (κ3) is 6.99. The molecule has 0 saturated heterocycles. The van der Waals surface area contributed by atoms with Crippen LogP contribution in [0.5, 0.6) is 0 Å². The van der Waals surface area contributed by atoms with Gasteiger partial charge in [-0.2, -0.15) is 0 Å². The lowest BCUT2D eigenvalue weighted by molar-refractivity contribution is -0.137. The Morgan fingerprint density at radius 3 is 2.30 bits per heavy atom. The van der Waals surface area contributed by atoms with Gasteiger partial charge < -0.3 is 4.74 Å². The van der Waals surface area contributed by atoms with Crippen LogP contribution < -0.4 is 0 Å². The van der Waals surface area contributed by atoms with E-state index >= 15 is 0 Å². The van der Waals surface area contributed by atoms with Gasteiger partial charge in [-0.3, -0.25) is 9.69 Å².